The fraction of sp³-hybridized carbons (Fsp3) is 0.235. The number of nitrogens with one attached hydrogen (secondary N) is 2. The molecule has 2 aromatic rings. The molecule has 0 saturated heterocycles. The summed E-state index contributed by atoms with van der Waals surface area (Å²) in [6, 6.07) is 10.7. The van der Waals surface area contributed by atoms with Crippen LogP contribution in [0.5, 0.6) is 0 Å². The van der Waals surface area contributed by atoms with Crippen LogP contribution in [0, 0.1) is 13.8 Å². The molecule has 2 amide bonds. The van der Waals surface area contributed by atoms with Gasteiger partial charge in [0.25, 0.3) is 0 Å². The van der Waals surface area contributed by atoms with Gasteiger partial charge in [0.15, 0.2) is 0 Å². The average molecular weight is 337 g/mol. The molecule has 0 saturated carbocycles. The number of hydrogen-bond donors (Lipinski definition) is 2. The maximum atomic E-state index is 12.1. The van der Waals surface area contributed by atoms with Crippen molar-refractivity contribution in [3.8, 4) is 0 Å². The summed E-state index contributed by atoms with van der Waals surface area (Å²) in [6.45, 7) is 5.81. The van der Waals surface area contributed by atoms with Gasteiger partial charge in [0.2, 0.25) is 0 Å². The number of benzene rings is 2. The maximum absolute atomic E-state index is 12.1. The molecule has 1 atom stereocenters. The second-order valence-electron chi connectivity index (χ2n) is 5.30. The molecule has 0 radical (unpaired) electrons. The Morgan fingerprint density at radius 1 is 1.09 bits per heavy atom. The van der Waals surface area contributed by atoms with Crippen LogP contribution in [0.3, 0.4) is 0 Å². The van der Waals surface area contributed by atoms with E-state index in [-0.39, 0.29) is 12.1 Å². The van der Waals surface area contributed by atoms with Gasteiger partial charge in [-0.1, -0.05) is 41.4 Å². The van der Waals surface area contributed by atoms with Crippen LogP contribution in [-0.2, 0) is 0 Å². The second kappa shape index (κ2) is 7.03. The summed E-state index contributed by atoms with van der Waals surface area (Å²) in [5, 5.41) is 6.84. The Morgan fingerprint density at radius 3 is 2.50 bits per heavy atom. The van der Waals surface area contributed by atoms with Gasteiger partial charge in [-0.3, -0.25) is 0 Å². The highest BCUT2D eigenvalue weighted by Crippen LogP contribution is 2.26. The van der Waals surface area contributed by atoms with E-state index in [1.165, 1.54) is 0 Å². The van der Waals surface area contributed by atoms with Crippen LogP contribution in [0.25, 0.3) is 0 Å². The lowest BCUT2D eigenvalue weighted by atomic mass is 10.1. The summed E-state index contributed by atoms with van der Waals surface area (Å²) < 4.78 is 0. The van der Waals surface area contributed by atoms with E-state index in [2.05, 4.69) is 10.6 Å². The number of carbonyl (C=O) groups excluding carboxylic acids is 1. The lowest BCUT2D eigenvalue weighted by Gasteiger charge is -2.17. The van der Waals surface area contributed by atoms with Gasteiger partial charge in [0.05, 0.1) is 6.04 Å². The Labute approximate surface area is 140 Å². The summed E-state index contributed by atoms with van der Waals surface area (Å²) in [5.74, 6) is 0. The van der Waals surface area contributed by atoms with Crippen molar-refractivity contribution < 1.29 is 4.79 Å². The van der Waals surface area contributed by atoms with Gasteiger partial charge < -0.3 is 10.6 Å². The molecular formula is C17H18Cl2N2O. The van der Waals surface area contributed by atoms with Gasteiger partial charge in [0, 0.05) is 15.7 Å². The molecule has 0 fully saturated rings. The molecule has 5 heteroatoms. The number of aryl methyl sites for hydroxylation is 2. The molecule has 2 rings (SSSR count). The minimum atomic E-state index is -0.271. The van der Waals surface area contributed by atoms with E-state index >= 15 is 0 Å². The minimum absolute atomic E-state index is 0.227. The molecule has 116 valence electrons. The molecule has 0 aliphatic rings. The first-order valence-electron chi connectivity index (χ1n) is 6.96. The first kappa shape index (κ1) is 16.7. The summed E-state index contributed by atoms with van der Waals surface area (Å²) in [6.07, 6.45) is 0. The number of halogens is 2. The van der Waals surface area contributed by atoms with Crippen molar-refractivity contribution in [1.29, 1.82) is 0 Å². The Balaban J connectivity index is 2.06. The molecule has 0 aliphatic heterocycles. The minimum Gasteiger partial charge on any atom is -0.331 e. The van der Waals surface area contributed by atoms with Crippen molar-refractivity contribution in [3.05, 3.63) is 63.1 Å². The zero-order valence-corrected chi connectivity index (χ0v) is 14.2. The highest BCUT2D eigenvalue weighted by molar-refractivity contribution is 6.35. The summed E-state index contributed by atoms with van der Waals surface area (Å²) in [7, 11) is 0. The molecule has 0 heterocycles. The molecule has 3 nitrogen and oxygen atoms in total. The number of urea groups is 1. The highest BCUT2D eigenvalue weighted by atomic mass is 35.5. The number of carbonyl (C=O) groups is 1. The molecule has 0 unspecified atom stereocenters. The number of amides is 2. The van der Waals surface area contributed by atoms with Crippen LogP contribution in [0.15, 0.2) is 36.4 Å². The number of hydrogen-bond acceptors (Lipinski definition) is 1. The highest BCUT2D eigenvalue weighted by Gasteiger charge is 2.13. The number of rotatable bonds is 3. The Hall–Kier alpha value is -1.71. The Bertz CT molecular complexity index is 701. The summed E-state index contributed by atoms with van der Waals surface area (Å²) in [5.41, 5.74) is 3.72. The molecule has 0 aliphatic carbocycles. The van der Waals surface area contributed by atoms with Crippen molar-refractivity contribution in [2.75, 3.05) is 5.32 Å². The smallest absolute Gasteiger partial charge is 0.319 e. The van der Waals surface area contributed by atoms with Crippen LogP contribution >= 0.6 is 23.2 Å². The van der Waals surface area contributed by atoms with Crippen LogP contribution in [0.4, 0.5) is 10.5 Å². The maximum Gasteiger partial charge on any atom is 0.319 e. The van der Waals surface area contributed by atoms with Gasteiger partial charge in [-0.25, -0.2) is 4.79 Å². The van der Waals surface area contributed by atoms with E-state index in [4.69, 9.17) is 23.2 Å². The van der Waals surface area contributed by atoms with E-state index in [0.29, 0.717) is 10.0 Å². The van der Waals surface area contributed by atoms with Crippen LogP contribution in [-0.4, -0.2) is 6.03 Å². The third-order valence-corrected chi connectivity index (χ3v) is 3.98. The molecule has 0 aromatic heterocycles. The fourth-order valence-corrected chi connectivity index (χ4v) is 2.73. The third kappa shape index (κ3) is 4.15. The van der Waals surface area contributed by atoms with Gasteiger partial charge in [-0.05, 0) is 55.7 Å². The molecule has 2 N–H and O–H groups in total. The topological polar surface area (TPSA) is 41.1 Å². The fourth-order valence-electron chi connectivity index (χ4n) is 2.16. The van der Waals surface area contributed by atoms with Crippen molar-refractivity contribution in [2.24, 2.45) is 0 Å². The molecule has 2 aromatic carbocycles. The third-order valence-electron chi connectivity index (χ3n) is 3.42. The first-order valence-corrected chi connectivity index (χ1v) is 7.72. The lowest BCUT2D eigenvalue weighted by molar-refractivity contribution is 0.249. The number of anilines is 1. The molecule has 22 heavy (non-hydrogen) atoms. The largest absolute Gasteiger partial charge is 0.331 e. The van der Waals surface area contributed by atoms with Crippen molar-refractivity contribution in [2.45, 2.75) is 26.8 Å². The molecule has 0 bridgehead atoms. The van der Waals surface area contributed by atoms with Crippen LogP contribution in [0.2, 0.25) is 10.0 Å². The van der Waals surface area contributed by atoms with E-state index in [0.717, 1.165) is 22.4 Å². The van der Waals surface area contributed by atoms with E-state index in [9.17, 15) is 4.79 Å². The van der Waals surface area contributed by atoms with Crippen molar-refractivity contribution in [3.63, 3.8) is 0 Å². The first-order chi connectivity index (χ1) is 10.4. The molecule has 0 spiro atoms. The lowest BCUT2D eigenvalue weighted by Crippen LogP contribution is -2.31. The van der Waals surface area contributed by atoms with Gasteiger partial charge in [-0.15, -0.1) is 0 Å². The normalized spacial score (nSPS) is 11.9. The van der Waals surface area contributed by atoms with Crippen LogP contribution < -0.4 is 10.6 Å². The van der Waals surface area contributed by atoms with Gasteiger partial charge in [0.1, 0.15) is 0 Å². The predicted octanol–water partition coefficient (Wildman–Crippen LogP) is 5.49. The van der Waals surface area contributed by atoms with Gasteiger partial charge >= 0.3 is 6.03 Å². The monoisotopic (exact) mass is 336 g/mol. The van der Waals surface area contributed by atoms with Crippen LogP contribution in [0.1, 0.15) is 29.7 Å². The van der Waals surface area contributed by atoms with Gasteiger partial charge in [-0.2, -0.15) is 0 Å². The summed E-state index contributed by atoms with van der Waals surface area (Å²) >= 11 is 12.0. The quantitative estimate of drug-likeness (QED) is 0.764. The standard InChI is InChI=1S/C17H18Cl2N2O/c1-10-4-5-11(2)16(8-10)21-17(22)20-12(3)14-7-6-13(18)9-15(14)19/h4-9,12H,1-3H3,(H2,20,21,22)/t12-/m0/s1. The van der Waals surface area contributed by atoms with E-state index in [1.807, 2.05) is 45.0 Å². The SMILES string of the molecule is Cc1ccc(C)c(NC(=O)N[C@@H](C)c2ccc(Cl)cc2Cl)c1. The Morgan fingerprint density at radius 2 is 1.82 bits per heavy atom. The predicted molar refractivity (Wildman–Crippen MR) is 92.9 cm³/mol. The Kier molecular flexibility index (Phi) is 5.33. The van der Waals surface area contributed by atoms with Crippen molar-refractivity contribution >= 4 is 34.9 Å². The zero-order chi connectivity index (χ0) is 16.3. The van der Waals surface area contributed by atoms with E-state index < -0.39 is 0 Å². The van der Waals surface area contributed by atoms with E-state index in [1.54, 1.807) is 12.1 Å². The molecular weight excluding hydrogens is 319 g/mol. The second-order valence-corrected chi connectivity index (χ2v) is 6.15. The summed E-state index contributed by atoms with van der Waals surface area (Å²) in [4.78, 5) is 12.1. The van der Waals surface area contributed by atoms with Crippen molar-refractivity contribution in [1.82, 2.24) is 5.32 Å². The zero-order valence-electron chi connectivity index (χ0n) is 12.7. The average Bonchev–Trinajstić information content (AvgIpc) is 2.42.